The molecule has 19 heavy (non-hydrogen) atoms. The maximum absolute atomic E-state index is 14.0. The molecule has 0 saturated heterocycles. The number of nitrogens with two attached hydrogens (primary N) is 1. The van der Waals surface area contributed by atoms with Crippen molar-refractivity contribution in [1.29, 1.82) is 5.41 Å². The summed E-state index contributed by atoms with van der Waals surface area (Å²) in [6, 6.07) is 2.10. The number of amidine groups is 1. The number of aryl methyl sites for hydroxylation is 1. The molecule has 1 heterocycles. The summed E-state index contributed by atoms with van der Waals surface area (Å²) in [6.07, 6.45) is 4.47. The summed E-state index contributed by atoms with van der Waals surface area (Å²) in [7, 11) is 0. The summed E-state index contributed by atoms with van der Waals surface area (Å²) in [4.78, 5) is 4.08. The Hall–Kier alpha value is -2.24. The Morgan fingerprint density at radius 3 is 2.53 bits per heavy atom. The van der Waals surface area contributed by atoms with E-state index in [0.29, 0.717) is 12.2 Å². The van der Waals surface area contributed by atoms with Crippen LogP contribution in [0.25, 0.3) is 5.69 Å². The van der Waals surface area contributed by atoms with Crippen LogP contribution in [-0.4, -0.2) is 15.4 Å². The molecule has 0 aliphatic carbocycles. The molecule has 3 N–H and O–H groups in total. The average Bonchev–Trinajstić information content (AvgIpc) is 2.77. The highest BCUT2D eigenvalue weighted by Crippen LogP contribution is 2.21. The number of halogens is 2. The zero-order chi connectivity index (χ0) is 14.0. The van der Waals surface area contributed by atoms with Crippen LogP contribution in [0.2, 0.25) is 0 Å². The third kappa shape index (κ3) is 2.47. The lowest BCUT2D eigenvalue weighted by Crippen LogP contribution is -2.14. The third-order valence-corrected chi connectivity index (χ3v) is 2.76. The number of nitrogens with one attached hydrogen (secondary N) is 1. The smallest absolute Gasteiger partial charge is 0.150 e. The summed E-state index contributed by atoms with van der Waals surface area (Å²) in [5.41, 5.74) is 5.06. The SMILES string of the molecule is CCCc1nccn1-c1c(F)cc(C(=N)N)cc1F. The summed E-state index contributed by atoms with van der Waals surface area (Å²) in [6.45, 7) is 1.96. The summed E-state index contributed by atoms with van der Waals surface area (Å²) >= 11 is 0. The second kappa shape index (κ2) is 5.17. The maximum Gasteiger partial charge on any atom is 0.150 e. The molecular weight excluding hydrogens is 250 g/mol. The molecule has 0 amide bonds. The van der Waals surface area contributed by atoms with Gasteiger partial charge in [0.2, 0.25) is 0 Å². The Morgan fingerprint density at radius 1 is 1.37 bits per heavy atom. The van der Waals surface area contributed by atoms with Gasteiger partial charge in [-0.2, -0.15) is 0 Å². The number of hydrogen-bond acceptors (Lipinski definition) is 2. The van der Waals surface area contributed by atoms with Crippen molar-refractivity contribution < 1.29 is 8.78 Å². The molecule has 6 heteroatoms. The van der Waals surface area contributed by atoms with Crippen LogP contribution in [0.3, 0.4) is 0 Å². The van der Waals surface area contributed by atoms with Gasteiger partial charge in [0.15, 0.2) is 11.6 Å². The summed E-state index contributed by atoms with van der Waals surface area (Å²) in [5, 5.41) is 7.21. The zero-order valence-corrected chi connectivity index (χ0v) is 10.5. The van der Waals surface area contributed by atoms with Crippen molar-refractivity contribution in [3.63, 3.8) is 0 Å². The van der Waals surface area contributed by atoms with E-state index in [1.165, 1.54) is 17.0 Å². The minimum Gasteiger partial charge on any atom is -0.384 e. The van der Waals surface area contributed by atoms with Crippen LogP contribution >= 0.6 is 0 Å². The number of imidazole rings is 1. The first kappa shape index (κ1) is 13.2. The monoisotopic (exact) mass is 264 g/mol. The number of nitrogens with zero attached hydrogens (tertiary/aromatic N) is 2. The van der Waals surface area contributed by atoms with Gasteiger partial charge >= 0.3 is 0 Å². The topological polar surface area (TPSA) is 67.7 Å². The van der Waals surface area contributed by atoms with Crippen LogP contribution in [0.15, 0.2) is 24.5 Å². The van der Waals surface area contributed by atoms with Crippen LogP contribution < -0.4 is 5.73 Å². The summed E-state index contributed by atoms with van der Waals surface area (Å²) in [5.74, 6) is -1.30. The maximum atomic E-state index is 14.0. The van der Waals surface area contributed by atoms with Gasteiger partial charge in [-0.1, -0.05) is 6.92 Å². The van der Waals surface area contributed by atoms with Gasteiger partial charge in [0.25, 0.3) is 0 Å². The first-order chi connectivity index (χ1) is 9.04. The second-order valence-corrected chi connectivity index (χ2v) is 4.17. The highest BCUT2D eigenvalue weighted by molar-refractivity contribution is 5.95. The van der Waals surface area contributed by atoms with Gasteiger partial charge < -0.3 is 5.73 Å². The van der Waals surface area contributed by atoms with Gasteiger partial charge in [-0.15, -0.1) is 0 Å². The Morgan fingerprint density at radius 2 is 2.00 bits per heavy atom. The first-order valence-corrected chi connectivity index (χ1v) is 5.90. The molecule has 0 bridgehead atoms. The Bertz CT molecular complexity index is 596. The number of hydrogen-bond donors (Lipinski definition) is 2. The minimum absolute atomic E-state index is 0.0240. The van der Waals surface area contributed by atoms with Crippen LogP contribution in [0.5, 0.6) is 0 Å². The zero-order valence-electron chi connectivity index (χ0n) is 10.5. The molecule has 0 fully saturated rings. The van der Waals surface area contributed by atoms with E-state index in [0.717, 1.165) is 18.6 Å². The molecule has 0 radical (unpaired) electrons. The van der Waals surface area contributed by atoms with E-state index in [2.05, 4.69) is 4.98 Å². The Balaban J connectivity index is 2.56. The lowest BCUT2D eigenvalue weighted by atomic mass is 10.1. The Labute approximate surface area is 109 Å². The molecule has 0 atom stereocenters. The molecule has 1 aromatic carbocycles. The van der Waals surface area contributed by atoms with Gasteiger partial charge in [0.1, 0.15) is 17.3 Å². The Kier molecular flexibility index (Phi) is 3.59. The molecule has 2 aromatic rings. The normalized spacial score (nSPS) is 10.7. The first-order valence-electron chi connectivity index (χ1n) is 5.90. The van der Waals surface area contributed by atoms with Crippen LogP contribution in [0.4, 0.5) is 8.78 Å². The molecule has 0 spiro atoms. The quantitative estimate of drug-likeness (QED) is 0.657. The van der Waals surface area contributed by atoms with E-state index in [-0.39, 0.29) is 17.1 Å². The molecule has 2 rings (SSSR count). The van der Waals surface area contributed by atoms with Crippen molar-refractivity contribution in [2.45, 2.75) is 19.8 Å². The fourth-order valence-electron chi connectivity index (χ4n) is 1.90. The van der Waals surface area contributed by atoms with E-state index in [1.807, 2.05) is 6.92 Å². The lowest BCUT2D eigenvalue weighted by molar-refractivity contribution is 0.564. The van der Waals surface area contributed by atoms with E-state index in [1.54, 1.807) is 0 Å². The molecule has 1 aromatic heterocycles. The van der Waals surface area contributed by atoms with Gasteiger partial charge in [-0.3, -0.25) is 9.98 Å². The van der Waals surface area contributed by atoms with Gasteiger partial charge in [0, 0.05) is 24.4 Å². The lowest BCUT2D eigenvalue weighted by Gasteiger charge is -2.11. The van der Waals surface area contributed by atoms with Crippen molar-refractivity contribution in [2.75, 3.05) is 0 Å². The number of nitrogen functional groups attached to an aromatic ring is 1. The highest BCUT2D eigenvalue weighted by atomic mass is 19.1. The molecular formula is C13H14F2N4. The van der Waals surface area contributed by atoms with Crippen LogP contribution in [-0.2, 0) is 6.42 Å². The van der Waals surface area contributed by atoms with E-state index in [9.17, 15) is 8.78 Å². The fourth-order valence-corrected chi connectivity index (χ4v) is 1.90. The van der Waals surface area contributed by atoms with Crippen molar-refractivity contribution in [3.05, 3.63) is 47.5 Å². The third-order valence-electron chi connectivity index (χ3n) is 2.76. The van der Waals surface area contributed by atoms with E-state index in [4.69, 9.17) is 11.1 Å². The number of benzene rings is 1. The van der Waals surface area contributed by atoms with Crippen LogP contribution in [0.1, 0.15) is 24.7 Å². The van der Waals surface area contributed by atoms with Crippen molar-refractivity contribution in [2.24, 2.45) is 5.73 Å². The highest BCUT2D eigenvalue weighted by Gasteiger charge is 2.16. The average molecular weight is 264 g/mol. The minimum atomic E-state index is -0.763. The molecule has 0 saturated carbocycles. The standard InChI is InChI=1S/C13H14F2N4/c1-2-3-11-18-4-5-19(11)12-9(14)6-8(13(16)17)7-10(12)15/h4-7H,2-3H2,1H3,(H3,16,17). The number of aromatic nitrogens is 2. The molecule has 100 valence electrons. The number of rotatable bonds is 4. The van der Waals surface area contributed by atoms with Gasteiger partial charge in [0.05, 0.1) is 0 Å². The summed E-state index contributed by atoms with van der Waals surface area (Å²) < 4.78 is 29.4. The second-order valence-electron chi connectivity index (χ2n) is 4.17. The van der Waals surface area contributed by atoms with Crippen molar-refractivity contribution in [1.82, 2.24) is 9.55 Å². The largest absolute Gasteiger partial charge is 0.384 e. The molecule has 0 unspecified atom stereocenters. The van der Waals surface area contributed by atoms with Crippen molar-refractivity contribution in [3.8, 4) is 5.69 Å². The van der Waals surface area contributed by atoms with Crippen LogP contribution in [0, 0.1) is 17.0 Å². The molecule has 4 nitrogen and oxygen atoms in total. The molecule has 0 aliphatic heterocycles. The predicted octanol–water partition coefficient (Wildman–Crippen LogP) is 2.39. The van der Waals surface area contributed by atoms with Gasteiger partial charge in [-0.25, -0.2) is 13.8 Å². The molecule has 0 aliphatic rings. The van der Waals surface area contributed by atoms with Gasteiger partial charge in [-0.05, 0) is 18.6 Å². The van der Waals surface area contributed by atoms with E-state index >= 15 is 0 Å². The van der Waals surface area contributed by atoms with Crippen molar-refractivity contribution >= 4 is 5.84 Å². The fraction of sp³-hybridized carbons (Fsp3) is 0.231. The predicted molar refractivity (Wildman–Crippen MR) is 68.5 cm³/mol. The van der Waals surface area contributed by atoms with E-state index < -0.39 is 11.6 Å².